The lowest BCUT2D eigenvalue weighted by molar-refractivity contribution is 0.102. The molecule has 1 heterocycles. The first-order chi connectivity index (χ1) is 11.6. The fourth-order valence-corrected chi connectivity index (χ4v) is 3.30. The van der Waals surface area contributed by atoms with Crippen LogP contribution in [0.5, 0.6) is 11.5 Å². The molecule has 2 aromatic carbocycles. The van der Waals surface area contributed by atoms with Gasteiger partial charge in [-0.05, 0) is 49.7 Å². The Balaban J connectivity index is 1.83. The van der Waals surface area contributed by atoms with Gasteiger partial charge in [-0.25, -0.2) is 4.98 Å². The van der Waals surface area contributed by atoms with E-state index in [9.17, 15) is 4.79 Å². The maximum absolute atomic E-state index is 12.5. The number of aromatic nitrogens is 1. The first kappa shape index (κ1) is 16.3. The second-order valence-corrected chi connectivity index (χ2v) is 6.27. The maximum Gasteiger partial charge on any atom is 0.257 e. The molecule has 0 radical (unpaired) electrons. The Kier molecular flexibility index (Phi) is 4.66. The smallest absolute Gasteiger partial charge is 0.257 e. The zero-order chi connectivity index (χ0) is 17.1. The molecule has 0 atom stereocenters. The van der Waals surface area contributed by atoms with Crippen LogP contribution < -0.4 is 14.8 Å². The molecular formula is C18H18N2O3S. The predicted molar refractivity (Wildman–Crippen MR) is 96.5 cm³/mol. The molecule has 1 aromatic heterocycles. The van der Waals surface area contributed by atoms with Crippen LogP contribution in [0.3, 0.4) is 0 Å². The van der Waals surface area contributed by atoms with Gasteiger partial charge in [0.2, 0.25) is 0 Å². The Morgan fingerprint density at radius 3 is 2.79 bits per heavy atom. The molecule has 0 saturated heterocycles. The van der Waals surface area contributed by atoms with E-state index in [4.69, 9.17) is 9.47 Å². The number of nitrogens with zero attached hydrogens (tertiary/aromatic N) is 1. The van der Waals surface area contributed by atoms with Crippen molar-refractivity contribution in [3.63, 3.8) is 0 Å². The molecule has 0 unspecified atom stereocenters. The third-order valence-electron chi connectivity index (χ3n) is 3.49. The topological polar surface area (TPSA) is 60.5 Å². The molecule has 0 fully saturated rings. The number of rotatable bonds is 5. The highest BCUT2D eigenvalue weighted by Crippen LogP contribution is 2.30. The van der Waals surface area contributed by atoms with Gasteiger partial charge < -0.3 is 9.47 Å². The molecule has 0 bridgehead atoms. The van der Waals surface area contributed by atoms with Crippen LogP contribution in [-0.2, 0) is 0 Å². The zero-order valence-corrected chi connectivity index (χ0v) is 14.6. The van der Waals surface area contributed by atoms with E-state index in [0.29, 0.717) is 28.8 Å². The molecule has 0 saturated carbocycles. The summed E-state index contributed by atoms with van der Waals surface area (Å²) in [5, 5.41) is 3.42. The number of aryl methyl sites for hydroxylation is 1. The van der Waals surface area contributed by atoms with Crippen molar-refractivity contribution in [1.82, 2.24) is 4.98 Å². The summed E-state index contributed by atoms with van der Waals surface area (Å²) in [4.78, 5) is 16.9. The first-order valence-corrected chi connectivity index (χ1v) is 8.41. The van der Waals surface area contributed by atoms with Gasteiger partial charge in [-0.15, -0.1) is 0 Å². The molecule has 3 aromatic rings. The van der Waals surface area contributed by atoms with Crippen molar-refractivity contribution >= 4 is 32.6 Å². The van der Waals surface area contributed by atoms with Crippen molar-refractivity contribution < 1.29 is 14.3 Å². The number of ether oxygens (including phenoxy) is 2. The van der Waals surface area contributed by atoms with Gasteiger partial charge in [-0.3, -0.25) is 10.1 Å². The van der Waals surface area contributed by atoms with Gasteiger partial charge in [0.1, 0.15) is 0 Å². The van der Waals surface area contributed by atoms with Gasteiger partial charge in [0.25, 0.3) is 5.91 Å². The van der Waals surface area contributed by atoms with Crippen molar-refractivity contribution in [2.75, 3.05) is 19.0 Å². The fraction of sp³-hybridized carbons (Fsp3) is 0.222. The largest absolute Gasteiger partial charge is 0.493 e. The highest BCUT2D eigenvalue weighted by molar-refractivity contribution is 7.22. The van der Waals surface area contributed by atoms with Crippen LogP contribution >= 0.6 is 11.3 Å². The summed E-state index contributed by atoms with van der Waals surface area (Å²) in [6.45, 7) is 4.46. The number of anilines is 1. The summed E-state index contributed by atoms with van der Waals surface area (Å²) in [5.74, 6) is 0.920. The van der Waals surface area contributed by atoms with Gasteiger partial charge in [0.05, 0.1) is 23.9 Å². The summed E-state index contributed by atoms with van der Waals surface area (Å²) in [5.41, 5.74) is 2.54. The van der Waals surface area contributed by atoms with Crippen LogP contribution in [0.25, 0.3) is 10.2 Å². The number of amides is 1. The number of hydrogen-bond donors (Lipinski definition) is 1. The van der Waals surface area contributed by atoms with Gasteiger partial charge in [-0.2, -0.15) is 0 Å². The number of carbonyl (C=O) groups excluding carboxylic acids is 1. The average Bonchev–Trinajstić information content (AvgIpc) is 2.96. The van der Waals surface area contributed by atoms with E-state index in [1.54, 1.807) is 25.3 Å². The third kappa shape index (κ3) is 3.33. The van der Waals surface area contributed by atoms with Crippen LogP contribution in [0.2, 0.25) is 0 Å². The zero-order valence-electron chi connectivity index (χ0n) is 13.8. The lowest BCUT2D eigenvalue weighted by Crippen LogP contribution is -2.12. The van der Waals surface area contributed by atoms with E-state index in [1.807, 2.05) is 26.0 Å². The SMILES string of the molecule is CCOc1ccc(C(=O)Nc2nc3ccc(C)cc3s2)cc1OC. The van der Waals surface area contributed by atoms with E-state index < -0.39 is 0 Å². The number of fused-ring (bicyclic) bond motifs is 1. The molecule has 0 aliphatic heterocycles. The molecule has 0 aliphatic rings. The van der Waals surface area contributed by atoms with Crippen LogP contribution in [0.1, 0.15) is 22.8 Å². The number of hydrogen-bond acceptors (Lipinski definition) is 5. The summed E-state index contributed by atoms with van der Waals surface area (Å²) in [6.07, 6.45) is 0. The van der Waals surface area contributed by atoms with E-state index >= 15 is 0 Å². The lowest BCUT2D eigenvalue weighted by atomic mass is 10.2. The Bertz CT molecular complexity index is 889. The summed E-state index contributed by atoms with van der Waals surface area (Å²) in [7, 11) is 1.55. The first-order valence-electron chi connectivity index (χ1n) is 7.60. The number of methoxy groups -OCH3 is 1. The highest BCUT2D eigenvalue weighted by atomic mass is 32.1. The molecule has 124 valence electrons. The Labute approximate surface area is 144 Å². The van der Waals surface area contributed by atoms with Crippen molar-refractivity contribution in [2.24, 2.45) is 0 Å². The van der Waals surface area contributed by atoms with Crippen LogP contribution in [0.15, 0.2) is 36.4 Å². The fourth-order valence-electron chi connectivity index (χ4n) is 2.34. The summed E-state index contributed by atoms with van der Waals surface area (Å²) >= 11 is 1.46. The quantitative estimate of drug-likeness (QED) is 0.752. The standard InChI is InChI=1S/C18H18N2O3S/c1-4-23-14-8-6-12(10-15(14)22-3)17(21)20-18-19-13-7-5-11(2)9-16(13)24-18/h5-10H,4H2,1-3H3,(H,19,20,21). The normalized spacial score (nSPS) is 10.6. The predicted octanol–water partition coefficient (Wildman–Crippen LogP) is 4.26. The number of benzene rings is 2. The molecule has 24 heavy (non-hydrogen) atoms. The third-order valence-corrected chi connectivity index (χ3v) is 4.42. The molecule has 0 aliphatic carbocycles. The van der Waals surface area contributed by atoms with Crippen molar-refractivity contribution in [3.8, 4) is 11.5 Å². The monoisotopic (exact) mass is 342 g/mol. The van der Waals surface area contributed by atoms with E-state index in [0.717, 1.165) is 10.2 Å². The lowest BCUT2D eigenvalue weighted by Gasteiger charge is -2.10. The van der Waals surface area contributed by atoms with E-state index in [2.05, 4.69) is 16.4 Å². The van der Waals surface area contributed by atoms with Crippen molar-refractivity contribution in [3.05, 3.63) is 47.5 Å². The minimum absolute atomic E-state index is 0.230. The molecule has 3 rings (SSSR count). The van der Waals surface area contributed by atoms with Crippen molar-refractivity contribution in [1.29, 1.82) is 0 Å². The highest BCUT2D eigenvalue weighted by Gasteiger charge is 2.13. The number of nitrogens with one attached hydrogen (secondary N) is 1. The van der Waals surface area contributed by atoms with Gasteiger partial charge >= 0.3 is 0 Å². The van der Waals surface area contributed by atoms with Gasteiger partial charge in [0.15, 0.2) is 16.6 Å². The van der Waals surface area contributed by atoms with Crippen LogP contribution in [-0.4, -0.2) is 24.6 Å². The minimum atomic E-state index is -0.230. The van der Waals surface area contributed by atoms with Crippen LogP contribution in [0.4, 0.5) is 5.13 Å². The molecule has 5 nitrogen and oxygen atoms in total. The Morgan fingerprint density at radius 2 is 2.04 bits per heavy atom. The summed E-state index contributed by atoms with van der Waals surface area (Å²) < 4.78 is 11.8. The molecular weight excluding hydrogens is 324 g/mol. The summed E-state index contributed by atoms with van der Waals surface area (Å²) in [6, 6.07) is 11.1. The van der Waals surface area contributed by atoms with Gasteiger partial charge in [-0.1, -0.05) is 17.4 Å². The second-order valence-electron chi connectivity index (χ2n) is 5.24. The number of thiazole rings is 1. The molecule has 1 amide bonds. The number of carbonyl (C=O) groups is 1. The molecule has 6 heteroatoms. The molecule has 1 N–H and O–H groups in total. The second kappa shape index (κ2) is 6.88. The molecule has 0 spiro atoms. The average molecular weight is 342 g/mol. The van der Waals surface area contributed by atoms with Crippen molar-refractivity contribution in [2.45, 2.75) is 13.8 Å². The van der Waals surface area contributed by atoms with Gasteiger partial charge in [0, 0.05) is 5.56 Å². The Hall–Kier alpha value is -2.60. The van der Waals surface area contributed by atoms with E-state index in [1.165, 1.54) is 16.9 Å². The van der Waals surface area contributed by atoms with Crippen LogP contribution in [0, 0.1) is 6.92 Å². The van der Waals surface area contributed by atoms with E-state index in [-0.39, 0.29) is 5.91 Å². The Morgan fingerprint density at radius 1 is 1.21 bits per heavy atom. The maximum atomic E-state index is 12.5. The minimum Gasteiger partial charge on any atom is -0.493 e.